The SMILES string of the molecule is CC1=CC(C)CC(C2C[C@H](O)c3ccc(Br)cc3O2)C1. The zero-order chi connectivity index (χ0) is 14.3. The minimum atomic E-state index is -0.404. The molecule has 3 heteroatoms. The van der Waals surface area contributed by atoms with Crippen molar-refractivity contribution in [3.8, 4) is 5.75 Å². The van der Waals surface area contributed by atoms with Gasteiger partial charge < -0.3 is 9.84 Å². The highest BCUT2D eigenvalue weighted by molar-refractivity contribution is 9.10. The van der Waals surface area contributed by atoms with Gasteiger partial charge in [-0.1, -0.05) is 40.6 Å². The molecular formula is C17H21BrO2. The molecule has 1 N–H and O–H groups in total. The maximum absolute atomic E-state index is 10.4. The highest BCUT2D eigenvalue weighted by Crippen LogP contribution is 2.42. The molecule has 20 heavy (non-hydrogen) atoms. The Labute approximate surface area is 129 Å². The third-order valence-corrected chi connectivity index (χ3v) is 4.92. The Hall–Kier alpha value is -0.800. The Morgan fingerprint density at radius 1 is 1.30 bits per heavy atom. The molecule has 0 saturated carbocycles. The van der Waals surface area contributed by atoms with Crippen molar-refractivity contribution in [3.05, 3.63) is 39.9 Å². The van der Waals surface area contributed by atoms with E-state index in [1.54, 1.807) is 0 Å². The van der Waals surface area contributed by atoms with E-state index in [9.17, 15) is 5.11 Å². The zero-order valence-corrected chi connectivity index (χ0v) is 13.6. The third-order valence-electron chi connectivity index (χ3n) is 4.42. The molecule has 0 fully saturated rings. The maximum atomic E-state index is 10.4. The van der Waals surface area contributed by atoms with E-state index in [0.29, 0.717) is 18.3 Å². The molecule has 0 radical (unpaired) electrons. The Balaban J connectivity index is 1.82. The molecule has 0 aromatic heterocycles. The van der Waals surface area contributed by atoms with Gasteiger partial charge in [0.1, 0.15) is 11.9 Å². The second-order valence-electron chi connectivity index (χ2n) is 6.28. The number of fused-ring (bicyclic) bond motifs is 1. The molecule has 1 aliphatic heterocycles. The standard InChI is InChI=1S/C17H21BrO2/c1-10-5-11(2)7-12(6-10)16-9-15(19)14-4-3-13(18)8-17(14)20-16/h3-5,8,10,12,15-16,19H,6-7,9H2,1-2H3/t10?,12?,15-,16?/m0/s1. The van der Waals surface area contributed by atoms with Gasteiger partial charge in [-0.2, -0.15) is 0 Å². The first kappa shape index (κ1) is 14.2. The van der Waals surface area contributed by atoms with Gasteiger partial charge >= 0.3 is 0 Å². The molecule has 0 saturated heterocycles. The first-order valence-electron chi connectivity index (χ1n) is 7.34. The van der Waals surface area contributed by atoms with Gasteiger partial charge in [-0.15, -0.1) is 0 Å². The lowest BCUT2D eigenvalue weighted by molar-refractivity contribution is 0.0273. The molecule has 2 nitrogen and oxygen atoms in total. The lowest BCUT2D eigenvalue weighted by Crippen LogP contribution is -2.35. The van der Waals surface area contributed by atoms with Gasteiger partial charge in [0, 0.05) is 22.4 Å². The summed E-state index contributed by atoms with van der Waals surface area (Å²) in [6, 6.07) is 5.88. The number of ether oxygens (including phenoxy) is 1. The molecule has 0 amide bonds. The fourth-order valence-corrected chi connectivity index (χ4v) is 3.95. The van der Waals surface area contributed by atoms with E-state index in [1.807, 2.05) is 18.2 Å². The predicted octanol–water partition coefficient (Wildman–Crippen LogP) is 4.63. The monoisotopic (exact) mass is 336 g/mol. The van der Waals surface area contributed by atoms with Gasteiger partial charge in [0.15, 0.2) is 0 Å². The molecule has 0 spiro atoms. The Morgan fingerprint density at radius 3 is 2.85 bits per heavy atom. The summed E-state index contributed by atoms with van der Waals surface area (Å²) in [6.45, 7) is 4.46. The second kappa shape index (κ2) is 5.53. The summed E-state index contributed by atoms with van der Waals surface area (Å²) < 4.78 is 7.20. The van der Waals surface area contributed by atoms with Crippen LogP contribution in [-0.2, 0) is 0 Å². The minimum absolute atomic E-state index is 0.123. The average molecular weight is 337 g/mol. The van der Waals surface area contributed by atoms with Crippen LogP contribution in [0, 0.1) is 11.8 Å². The number of hydrogen-bond donors (Lipinski definition) is 1. The summed E-state index contributed by atoms with van der Waals surface area (Å²) in [5.74, 6) is 1.96. The molecule has 0 bridgehead atoms. The number of benzene rings is 1. The van der Waals surface area contributed by atoms with Crippen molar-refractivity contribution < 1.29 is 9.84 Å². The van der Waals surface area contributed by atoms with Gasteiger partial charge in [0.25, 0.3) is 0 Å². The van der Waals surface area contributed by atoms with Crippen molar-refractivity contribution in [2.24, 2.45) is 11.8 Å². The topological polar surface area (TPSA) is 29.5 Å². The largest absolute Gasteiger partial charge is 0.490 e. The van der Waals surface area contributed by atoms with E-state index >= 15 is 0 Å². The van der Waals surface area contributed by atoms with Crippen molar-refractivity contribution in [3.63, 3.8) is 0 Å². The molecule has 1 aromatic rings. The van der Waals surface area contributed by atoms with E-state index in [-0.39, 0.29) is 6.10 Å². The highest BCUT2D eigenvalue weighted by Gasteiger charge is 2.34. The van der Waals surface area contributed by atoms with Crippen molar-refractivity contribution >= 4 is 15.9 Å². The Bertz CT molecular complexity index is 538. The fraction of sp³-hybridized carbons (Fsp3) is 0.529. The van der Waals surface area contributed by atoms with E-state index < -0.39 is 6.10 Å². The number of aliphatic hydroxyl groups is 1. The molecular weight excluding hydrogens is 316 g/mol. The molecule has 108 valence electrons. The Morgan fingerprint density at radius 2 is 2.10 bits per heavy atom. The second-order valence-corrected chi connectivity index (χ2v) is 7.20. The van der Waals surface area contributed by atoms with Crippen LogP contribution in [0.3, 0.4) is 0 Å². The molecule has 4 atom stereocenters. The van der Waals surface area contributed by atoms with E-state index in [1.165, 1.54) is 5.57 Å². The average Bonchev–Trinajstić information content (AvgIpc) is 2.36. The first-order chi connectivity index (χ1) is 9.52. The van der Waals surface area contributed by atoms with Crippen LogP contribution in [0.15, 0.2) is 34.3 Å². The lowest BCUT2D eigenvalue weighted by atomic mass is 9.78. The normalized spacial score (nSPS) is 33.1. The van der Waals surface area contributed by atoms with Crippen LogP contribution in [0.2, 0.25) is 0 Å². The van der Waals surface area contributed by atoms with Crippen LogP contribution >= 0.6 is 15.9 Å². The van der Waals surface area contributed by atoms with E-state index in [2.05, 4.69) is 35.9 Å². The summed E-state index contributed by atoms with van der Waals surface area (Å²) in [6.07, 6.45) is 5.03. The van der Waals surface area contributed by atoms with Gasteiger partial charge in [-0.05, 0) is 37.8 Å². The molecule has 2 aliphatic rings. The van der Waals surface area contributed by atoms with Gasteiger partial charge in [-0.25, -0.2) is 0 Å². The number of halogens is 1. The number of allylic oxidation sites excluding steroid dienone is 2. The van der Waals surface area contributed by atoms with Crippen LogP contribution in [0.1, 0.15) is 44.8 Å². The van der Waals surface area contributed by atoms with Crippen molar-refractivity contribution in [2.45, 2.75) is 45.3 Å². The molecule has 3 unspecified atom stereocenters. The maximum Gasteiger partial charge on any atom is 0.126 e. The van der Waals surface area contributed by atoms with Crippen molar-refractivity contribution in [1.29, 1.82) is 0 Å². The Kier molecular flexibility index (Phi) is 3.91. The number of rotatable bonds is 1. The van der Waals surface area contributed by atoms with Crippen molar-refractivity contribution in [1.82, 2.24) is 0 Å². The lowest BCUT2D eigenvalue weighted by Gasteiger charge is -2.37. The fourth-order valence-electron chi connectivity index (χ4n) is 3.61. The van der Waals surface area contributed by atoms with Crippen LogP contribution in [-0.4, -0.2) is 11.2 Å². The molecule has 1 heterocycles. The summed E-state index contributed by atoms with van der Waals surface area (Å²) in [4.78, 5) is 0. The molecule has 1 aromatic carbocycles. The quantitative estimate of drug-likeness (QED) is 0.758. The van der Waals surface area contributed by atoms with Crippen LogP contribution in [0.25, 0.3) is 0 Å². The van der Waals surface area contributed by atoms with Gasteiger partial charge in [-0.3, -0.25) is 0 Å². The highest BCUT2D eigenvalue weighted by atomic mass is 79.9. The first-order valence-corrected chi connectivity index (χ1v) is 8.13. The summed E-state index contributed by atoms with van der Waals surface area (Å²) in [7, 11) is 0. The van der Waals surface area contributed by atoms with Crippen LogP contribution in [0.4, 0.5) is 0 Å². The number of hydrogen-bond acceptors (Lipinski definition) is 2. The predicted molar refractivity (Wildman–Crippen MR) is 83.8 cm³/mol. The van der Waals surface area contributed by atoms with Crippen LogP contribution < -0.4 is 4.74 Å². The van der Waals surface area contributed by atoms with Gasteiger partial charge in [0.05, 0.1) is 6.10 Å². The smallest absolute Gasteiger partial charge is 0.126 e. The summed E-state index contributed by atoms with van der Waals surface area (Å²) >= 11 is 3.47. The molecule has 3 rings (SSSR count). The van der Waals surface area contributed by atoms with Crippen molar-refractivity contribution in [2.75, 3.05) is 0 Å². The van der Waals surface area contributed by atoms with E-state index in [4.69, 9.17) is 4.74 Å². The molecule has 1 aliphatic carbocycles. The summed E-state index contributed by atoms with van der Waals surface area (Å²) in [5.41, 5.74) is 2.37. The van der Waals surface area contributed by atoms with Crippen LogP contribution in [0.5, 0.6) is 5.75 Å². The zero-order valence-electron chi connectivity index (χ0n) is 12.0. The summed E-state index contributed by atoms with van der Waals surface area (Å²) in [5, 5.41) is 10.4. The van der Waals surface area contributed by atoms with Gasteiger partial charge in [0.2, 0.25) is 0 Å². The minimum Gasteiger partial charge on any atom is -0.490 e. The third kappa shape index (κ3) is 2.79. The van der Waals surface area contributed by atoms with E-state index in [0.717, 1.165) is 28.6 Å². The number of aliphatic hydroxyl groups excluding tert-OH is 1.